The number of nitrogens with zero attached hydrogens (tertiary/aromatic N) is 1. The molecule has 0 saturated heterocycles. The smallest absolute Gasteiger partial charge is 0.142 e. The van der Waals surface area contributed by atoms with Crippen molar-refractivity contribution in [2.75, 3.05) is 0 Å². The van der Waals surface area contributed by atoms with Gasteiger partial charge in [-0.2, -0.15) is 0 Å². The van der Waals surface area contributed by atoms with Gasteiger partial charge in [0.2, 0.25) is 0 Å². The van der Waals surface area contributed by atoms with Crippen LogP contribution in [0.4, 0.5) is 0 Å². The summed E-state index contributed by atoms with van der Waals surface area (Å²) >= 11 is 0. The fraction of sp³-hybridized carbons (Fsp3) is 0.485. The average Bonchev–Trinajstić information content (AvgIpc) is 3.24. The first kappa shape index (κ1) is 22.8. The first-order valence-corrected chi connectivity index (χ1v) is 13.4. The third-order valence-corrected chi connectivity index (χ3v) is 9.67. The minimum Gasteiger partial charge on any atom is -0.455 e. The molecule has 2 nitrogen and oxygen atoms in total. The van der Waals surface area contributed by atoms with Gasteiger partial charge in [-0.25, -0.2) is 0 Å². The predicted molar refractivity (Wildman–Crippen MR) is 147 cm³/mol. The molecule has 2 aliphatic carbocycles. The van der Waals surface area contributed by atoms with Gasteiger partial charge in [-0.05, 0) is 65.7 Å². The SMILES string of the molecule is CCC(C)(C)Cc1ccc2c3c1oc1c(C)cnc(c13)-c1c(cc(C)cc1C1(C)CC1C)C2(C)C. The van der Waals surface area contributed by atoms with Crippen LogP contribution >= 0.6 is 0 Å². The molecule has 182 valence electrons. The summed E-state index contributed by atoms with van der Waals surface area (Å²) in [4.78, 5) is 5.18. The Hall–Kier alpha value is -2.61. The number of pyridine rings is 1. The zero-order valence-corrected chi connectivity index (χ0v) is 22.9. The minimum atomic E-state index is -0.160. The van der Waals surface area contributed by atoms with E-state index in [1.54, 1.807) is 0 Å². The molecular formula is C33H39NO. The van der Waals surface area contributed by atoms with Crippen molar-refractivity contribution in [2.45, 2.75) is 92.4 Å². The summed E-state index contributed by atoms with van der Waals surface area (Å²) in [6, 6.07) is 9.59. The molecule has 0 radical (unpaired) electrons. The Morgan fingerprint density at radius 3 is 2.34 bits per heavy atom. The van der Waals surface area contributed by atoms with Gasteiger partial charge in [0.25, 0.3) is 0 Å². The fourth-order valence-corrected chi connectivity index (χ4v) is 6.62. The molecule has 1 fully saturated rings. The normalized spacial score (nSPS) is 22.6. The highest BCUT2D eigenvalue weighted by Gasteiger charge is 2.50. The van der Waals surface area contributed by atoms with Gasteiger partial charge in [0, 0.05) is 28.1 Å². The van der Waals surface area contributed by atoms with Crippen LogP contribution in [0.25, 0.3) is 33.2 Å². The lowest BCUT2D eigenvalue weighted by Crippen LogP contribution is -2.22. The Bertz CT molecular complexity index is 1530. The summed E-state index contributed by atoms with van der Waals surface area (Å²) in [6.45, 7) is 21.0. The van der Waals surface area contributed by atoms with Crippen LogP contribution in [0.2, 0.25) is 0 Å². The molecule has 6 rings (SSSR count). The van der Waals surface area contributed by atoms with Gasteiger partial charge in [0.15, 0.2) is 0 Å². The number of furan rings is 1. The van der Waals surface area contributed by atoms with Gasteiger partial charge >= 0.3 is 0 Å². The summed E-state index contributed by atoms with van der Waals surface area (Å²) in [6.07, 6.45) is 5.41. The van der Waals surface area contributed by atoms with Crippen molar-refractivity contribution in [1.29, 1.82) is 0 Å². The van der Waals surface area contributed by atoms with E-state index in [0.29, 0.717) is 5.92 Å². The first-order valence-electron chi connectivity index (χ1n) is 13.4. The summed E-state index contributed by atoms with van der Waals surface area (Å²) in [5, 5.41) is 2.51. The van der Waals surface area contributed by atoms with Crippen LogP contribution in [0.3, 0.4) is 0 Å². The highest BCUT2D eigenvalue weighted by atomic mass is 16.3. The van der Waals surface area contributed by atoms with Gasteiger partial charge in [0.05, 0.1) is 11.1 Å². The molecule has 2 heterocycles. The number of rotatable bonds is 4. The van der Waals surface area contributed by atoms with E-state index in [4.69, 9.17) is 9.40 Å². The Morgan fingerprint density at radius 2 is 1.69 bits per heavy atom. The van der Waals surface area contributed by atoms with Crippen LogP contribution in [0, 0.1) is 25.2 Å². The van der Waals surface area contributed by atoms with Gasteiger partial charge in [0.1, 0.15) is 11.2 Å². The lowest BCUT2D eigenvalue weighted by atomic mass is 9.72. The van der Waals surface area contributed by atoms with Crippen molar-refractivity contribution < 1.29 is 4.42 Å². The Labute approximate surface area is 210 Å². The molecule has 2 aromatic heterocycles. The maximum atomic E-state index is 6.82. The van der Waals surface area contributed by atoms with Crippen LogP contribution < -0.4 is 0 Å². The second-order valence-electron chi connectivity index (χ2n) is 13.1. The molecule has 0 spiro atoms. The number of benzene rings is 2. The number of aryl methyl sites for hydroxylation is 2. The van der Waals surface area contributed by atoms with E-state index in [9.17, 15) is 0 Å². The van der Waals surface area contributed by atoms with Gasteiger partial charge in [-0.15, -0.1) is 0 Å². The van der Waals surface area contributed by atoms with E-state index < -0.39 is 0 Å². The molecule has 1 saturated carbocycles. The highest BCUT2D eigenvalue weighted by molar-refractivity contribution is 6.16. The van der Waals surface area contributed by atoms with Crippen molar-refractivity contribution in [2.24, 2.45) is 11.3 Å². The van der Waals surface area contributed by atoms with Gasteiger partial charge < -0.3 is 4.42 Å². The average molecular weight is 466 g/mol. The van der Waals surface area contributed by atoms with Crippen LogP contribution in [0.1, 0.15) is 94.7 Å². The summed E-state index contributed by atoms with van der Waals surface area (Å²) in [5.74, 6) is 0.690. The zero-order chi connectivity index (χ0) is 25.1. The molecule has 2 aliphatic rings. The lowest BCUT2D eigenvalue weighted by Gasteiger charge is -2.31. The standard InChI is InChI=1S/C33H39NO/c1-10-31(5,6)16-21-11-12-22-26-27-28(34-17-19(3)29(27)35-30(21)26)25-23(32(22,7)8)13-18(2)14-24(25)33(9)15-20(33)4/h11-14,17,20H,10,15-16H2,1-9H3. The highest BCUT2D eigenvalue weighted by Crippen LogP contribution is 2.59. The molecule has 2 atom stereocenters. The van der Waals surface area contributed by atoms with Crippen molar-refractivity contribution >= 4 is 21.9 Å². The van der Waals surface area contributed by atoms with Crippen molar-refractivity contribution in [3.63, 3.8) is 0 Å². The molecule has 0 aliphatic heterocycles. The Balaban J connectivity index is 1.79. The van der Waals surface area contributed by atoms with Crippen LogP contribution in [0.15, 0.2) is 34.9 Å². The minimum absolute atomic E-state index is 0.160. The molecule has 0 N–H and O–H groups in total. The maximum Gasteiger partial charge on any atom is 0.142 e. The van der Waals surface area contributed by atoms with Crippen molar-refractivity contribution in [1.82, 2.24) is 4.98 Å². The van der Waals surface area contributed by atoms with Crippen molar-refractivity contribution in [3.8, 4) is 11.3 Å². The van der Waals surface area contributed by atoms with E-state index in [1.807, 2.05) is 6.20 Å². The topological polar surface area (TPSA) is 26.0 Å². The molecule has 0 amide bonds. The number of hydrogen-bond donors (Lipinski definition) is 0. The van der Waals surface area contributed by atoms with Crippen molar-refractivity contribution in [3.05, 3.63) is 63.8 Å². The molecule has 2 aromatic carbocycles. The number of hydrogen-bond acceptors (Lipinski definition) is 2. The number of aromatic nitrogens is 1. The second-order valence-corrected chi connectivity index (χ2v) is 13.1. The molecule has 35 heavy (non-hydrogen) atoms. The Morgan fingerprint density at radius 1 is 1.00 bits per heavy atom. The molecule has 0 bridgehead atoms. The van der Waals surface area contributed by atoms with E-state index in [2.05, 4.69) is 86.6 Å². The second kappa shape index (κ2) is 6.99. The van der Waals surface area contributed by atoms with E-state index in [1.165, 1.54) is 50.6 Å². The maximum absolute atomic E-state index is 6.82. The zero-order valence-electron chi connectivity index (χ0n) is 22.9. The van der Waals surface area contributed by atoms with Crippen LogP contribution in [0.5, 0.6) is 0 Å². The largest absolute Gasteiger partial charge is 0.455 e. The Kier molecular flexibility index (Phi) is 4.56. The van der Waals surface area contributed by atoms with E-state index >= 15 is 0 Å². The molecular weight excluding hydrogens is 426 g/mol. The quantitative estimate of drug-likeness (QED) is 0.300. The third kappa shape index (κ3) is 3.04. The van der Waals surface area contributed by atoms with E-state index in [-0.39, 0.29) is 16.2 Å². The number of fused-ring (bicyclic) bond motifs is 2. The predicted octanol–water partition coefficient (Wildman–Crippen LogP) is 9.18. The summed E-state index contributed by atoms with van der Waals surface area (Å²) in [7, 11) is 0. The van der Waals surface area contributed by atoms with E-state index in [0.717, 1.165) is 35.3 Å². The van der Waals surface area contributed by atoms with Gasteiger partial charge in [-0.3, -0.25) is 4.98 Å². The molecule has 4 aromatic rings. The summed E-state index contributed by atoms with van der Waals surface area (Å²) < 4.78 is 6.82. The third-order valence-electron chi connectivity index (χ3n) is 9.67. The first-order chi connectivity index (χ1) is 16.4. The van der Waals surface area contributed by atoms with Gasteiger partial charge in [-0.1, -0.05) is 84.7 Å². The lowest BCUT2D eigenvalue weighted by molar-refractivity contribution is 0.349. The molecule has 2 heteroatoms. The summed E-state index contributed by atoms with van der Waals surface area (Å²) in [5.41, 5.74) is 12.9. The molecule has 2 unspecified atom stereocenters. The fourth-order valence-electron chi connectivity index (χ4n) is 6.62. The van der Waals surface area contributed by atoms with Crippen LogP contribution in [-0.4, -0.2) is 4.98 Å². The van der Waals surface area contributed by atoms with Crippen LogP contribution in [-0.2, 0) is 17.3 Å². The monoisotopic (exact) mass is 465 g/mol.